The molecule has 0 N–H and O–H groups in total. The van der Waals surface area contributed by atoms with E-state index in [4.69, 9.17) is 0 Å². The van der Waals surface area contributed by atoms with Crippen LogP contribution in [0.5, 0.6) is 0 Å². The molecule has 0 fully saturated rings. The number of hydrogen-bond acceptors (Lipinski definition) is 1. The van der Waals surface area contributed by atoms with Crippen LogP contribution in [0.1, 0.15) is 39.7 Å². The van der Waals surface area contributed by atoms with Crippen LogP contribution < -0.4 is 0 Å². The maximum atomic E-state index is 13.2. The third kappa shape index (κ3) is 1.78. The standard InChI is InChI=1S/C23H16O/c24-23-20(14-15-8-2-1-3-9-15)21-16-10-4-6-12-18(16)22(23)19-13-7-5-11-17(19)21/h1-14,21-22H/b20-14+. The SMILES string of the molecule is O=C1/C(=C/c2ccccc2)C2c3ccccc3C1c1ccccc12. The Hall–Kier alpha value is -2.93. The Morgan fingerprint density at radius 3 is 1.58 bits per heavy atom. The van der Waals surface area contributed by atoms with Gasteiger partial charge in [0.05, 0.1) is 5.92 Å². The van der Waals surface area contributed by atoms with E-state index in [0.29, 0.717) is 0 Å². The summed E-state index contributed by atoms with van der Waals surface area (Å²) >= 11 is 0. The molecule has 0 spiro atoms. The van der Waals surface area contributed by atoms with Crippen LogP contribution in [0.25, 0.3) is 6.08 Å². The van der Waals surface area contributed by atoms with Gasteiger partial charge in [-0.25, -0.2) is 0 Å². The summed E-state index contributed by atoms with van der Waals surface area (Å²) in [5.41, 5.74) is 6.92. The molecule has 0 amide bonds. The van der Waals surface area contributed by atoms with Crippen molar-refractivity contribution in [2.24, 2.45) is 0 Å². The number of Topliss-reactive ketones (excluding diaryl/α,β-unsaturated/α-hetero) is 1. The Morgan fingerprint density at radius 1 is 0.583 bits per heavy atom. The van der Waals surface area contributed by atoms with E-state index in [1.807, 2.05) is 30.3 Å². The second kappa shape index (κ2) is 5.04. The molecule has 0 saturated carbocycles. The van der Waals surface area contributed by atoms with Crippen LogP contribution in [0.15, 0.2) is 84.4 Å². The molecule has 1 heteroatoms. The van der Waals surface area contributed by atoms with Crippen molar-refractivity contribution in [2.75, 3.05) is 0 Å². The fourth-order valence-electron chi connectivity index (χ4n) is 4.22. The van der Waals surface area contributed by atoms with Crippen LogP contribution in [0, 0.1) is 0 Å². The van der Waals surface area contributed by atoms with Crippen molar-refractivity contribution < 1.29 is 4.79 Å². The lowest BCUT2D eigenvalue weighted by Crippen LogP contribution is -2.34. The first-order valence-electron chi connectivity index (χ1n) is 8.33. The van der Waals surface area contributed by atoms with Crippen molar-refractivity contribution in [3.05, 3.63) is 112 Å². The van der Waals surface area contributed by atoms with Crippen LogP contribution in [-0.2, 0) is 4.79 Å². The summed E-state index contributed by atoms with van der Waals surface area (Å²) in [4.78, 5) is 13.2. The lowest BCUT2D eigenvalue weighted by atomic mass is 9.61. The quantitative estimate of drug-likeness (QED) is 0.583. The van der Waals surface area contributed by atoms with Gasteiger partial charge in [0.25, 0.3) is 0 Å². The molecule has 0 aromatic heterocycles. The zero-order chi connectivity index (χ0) is 16.1. The van der Waals surface area contributed by atoms with Gasteiger partial charge in [-0.05, 0) is 33.9 Å². The molecule has 0 aliphatic heterocycles. The highest BCUT2D eigenvalue weighted by Crippen LogP contribution is 2.53. The summed E-state index contributed by atoms with van der Waals surface area (Å²) in [7, 11) is 0. The fraction of sp³-hybridized carbons (Fsp3) is 0.0870. The van der Waals surface area contributed by atoms with Gasteiger partial charge >= 0.3 is 0 Å². The average molecular weight is 308 g/mol. The van der Waals surface area contributed by atoms with Crippen molar-refractivity contribution in [3.8, 4) is 0 Å². The van der Waals surface area contributed by atoms with Crippen molar-refractivity contribution in [3.63, 3.8) is 0 Å². The summed E-state index contributed by atoms with van der Waals surface area (Å²) in [6.07, 6.45) is 2.08. The maximum Gasteiger partial charge on any atom is 0.171 e. The van der Waals surface area contributed by atoms with E-state index in [9.17, 15) is 4.79 Å². The van der Waals surface area contributed by atoms with Gasteiger partial charge in [-0.3, -0.25) is 4.79 Å². The summed E-state index contributed by atoms with van der Waals surface area (Å²) in [6, 6.07) is 26.9. The minimum Gasteiger partial charge on any atom is -0.293 e. The second-order valence-corrected chi connectivity index (χ2v) is 6.50. The number of allylic oxidation sites excluding steroid dienone is 1. The van der Waals surface area contributed by atoms with Crippen molar-refractivity contribution >= 4 is 11.9 Å². The van der Waals surface area contributed by atoms with Gasteiger partial charge in [0.15, 0.2) is 5.78 Å². The molecule has 0 unspecified atom stereocenters. The number of carbonyl (C=O) groups is 1. The molecule has 3 aliphatic carbocycles. The molecule has 1 nitrogen and oxygen atoms in total. The first-order valence-corrected chi connectivity index (χ1v) is 8.33. The van der Waals surface area contributed by atoms with Gasteiger partial charge in [-0.15, -0.1) is 0 Å². The van der Waals surface area contributed by atoms with Crippen molar-refractivity contribution in [1.82, 2.24) is 0 Å². The number of hydrogen-bond donors (Lipinski definition) is 0. The molecule has 0 radical (unpaired) electrons. The van der Waals surface area contributed by atoms with Crippen LogP contribution in [0.2, 0.25) is 0 Å². The molecular weight excluding hydrogens is 292 g/mol. The fourth-order valence-corrected chi connectivity index (χ4v) is 4.22. The highest BCUT2D eigenvalue weighted by atomic mass is 16.1. The molecule has 2 bridgehead atoms. The maximum absolute atomic E-state index is 13.2. The Bertz CT molecular complexity index is 934. The molecule has 0 heterocycles. The molecule has 3 aliphatic rings. The topological polar surface area (TPSA) is 17.1 Å². The van der Waals surface area contributed by atoms with Crippen LogP contribution in [0.3, 0.4) is 0 Å². The Kier molecular flexibility index (Phi) is 2.83. The monoisotopic (exact) mass is 308 g/mol. The number of carbonyl (C=O) groups excluding carboxylic acids is 1. The predicted molar refractivity (Wildman–Crippen MR) is 96.0 cm³/mol. The average Bonchev–Trinajstić information content (AvgIpc) is 2.64. The highest BCUT2D eigenvalue weighted by Gasteiger charge is 2.45. The van der Waals surface area contributed by atoms with Crippen molar-refractivity contribution in [1.29, 1.82) is 0 Å². The zero-order valence-corrected chi connectivity index (χ0v) is 13.1. The lowest BCUT2D eigenvalue weighted by molar-refractivity contribution is -0.116. The third-order valence-corrected chi connectivity index (χ3v) is 5.22. The van der Waals surface area contributed by atoms with Gasteiger partial charge in [0.1, 0.15) is 0 Å². The molecule has 24 heavy (non-hydrogen) atoms. The third-order valence-electron chi connectivity index (χ3n) is 5.22. The molecule has 0 saturated heterocycles. The minimum absolute atomic E-state index is 0.0510. The van der Waals surface area contributed by atoms with Crippen molar-refractivity contribution in [2.45, 2.75) is 11.8 Å². The Labute approximate surface area is 141 Å². The first kappa shape index (κ1) is 13.5. The molecule has 3 aromatic rings. The number of ketones is 1. The summed E-state index contributed by atoms with van der Waals surface area (Å²) < 4.78 is 0. The van der Waals surface area contributed by atoms with E-state index in [-0.39, 0.29) is 17.6 Å². The first-order chi connectivity index (χ1) is 11.8. The van der Waals surface area contributed by atoms with Gasteiger partial charge in [-0.1, -0.05) is 78.9 Å². The lowest BCUT2D eigenvalue weighted by Gasteiger charge is -2.41. The van der Waals surface area contributed by atoms with E-state index < -0.39 is 0 Å². The minimum atomic E-state index is -0.155. The number of rotatable bonds is 1. The van der Waals surface area contributed by atoms with Gasteiger partial charge in [-0.2, -0.15) is 0 Å². The van der Waals surface area contributed by atoms with Gasteiger partial charge in [0, 0.05) is 11.5 Å². The van der Waals surface area contributed by atoms with E-state index in [2.05, 4.69) is 54.6 Å². The molecule has 6 rings (SSSR count). The van der Waals surface area contributed by atoms with Crippen LogP contribution >= 0.6 is 0 Å². The Morgan fingerprint density at radius 2 is 1.04 bits per heavy atom. The van der Waals surface area contributed by atoms with E-state index in [0.717, 1.165) is 11.1 Å². The number of benzene rings is 3. The zero-order valence-electron chi connectivity index (χ0n) is 13.1. The molecule has 3 aromatic carbocycles. The predicted octanol–water partition coefficient (Wildman–Crippen LogP) is 4.93. The molecular formula is C23H16O. The van der Waals surface area contributed by atoms with Crippen LogP contribution in [0.4, 0.5) is 0 Å². The van der Waals surface area contributed by atoms with Crippen LogP contribution in [-0.4, -0.2) is 5.78 Å². The summed E-state index contributed by atoms with van der Waals surface area (Å²) in [5.74, 6) is 0.147. The van der Waals surface area contributed by atoms with E-state index in [1.54, 1.807) is 0 Å². The van der Waals surface area contributed by atoms with E-state index in [1.165, 1.54) is 22.3 Å². The summed E-state index contributed by atoms with van der Waals surface area (Å²) in [5, 5.41) is 0. The Balaban J connectivity index is 1.79. The molecule has 114 valence electrons. The number of fused-ring (bicyclic) bond motifs is 1. The molecule has 0 atom stereocenters. The second-order valence-electron chi connectivity index (χ2n) is 6.50. The summed E-state index contributed by atoms with van der Waals surface area (Å²) in [6.45, 7) is 0. The largest absolute Gasteiger partial charge is 0.293 e. The smallest absolute Gasteiger partial charge is 0.171 e. The normalized spacial score (nSPS) is 22.3. The highest BCUT2D eigenvalue weighted by molar-refractivity contribution is 6.11. The van der Waals surface area contributed by atoms with Gasteiger partial charge in [0.2, 0.25) is 0 Å². The van der Waals surface area contributed by atoms with E-state index >= 15 is 0 Å². The van der Waals surface area contributed by atoms with Gasteiger partial charge < -0.3 is 0 Å².